The Kier molecular flexibility index (Phi) is 3.92. The van der Waals surface area contributed by atoms with Gasteiger partial charge in [-0.15, -0.1) is 0 Å². The first-order valence-corrected chi connectivity index (χ1v) is 7.16. The lowest BCUT2D eigenvalue weighted by Crippen LogP contribution is -2.28. The molecular formula is C13H16BrFN2S. The predicted molar refractivity (Wildman–Crippen MR) is 80.6 cm³/mol. The van der Waals surface area contributed by atoms with Gasteiger partial charge >= 0.3 is 0 Å². The predicted octanol–water partition coefficient (Wildman–Crippen LogP) is 3.46. The molecule has 2 rings (SSSR count). The average molecular weight is 331 g/mol. The van der Waals surface area contributed by atoms with Crippen molar-refractivity contribution in [2.45, 2.75) is 26.3 Å². The minimum absolute atomic E-state index is 0.204. The second kappa shape index (κ2) is 5.13. The molecule has 0 saturated carbocycles. The van der Waals surface area contributed by atoms with E-state index in [1.165, 1.54) is 0 Å². The van der Waals surface area contributed by atoms with E-state index in [2.05, 4.69) is 34.7 Å². The van der Waals surface area contributed by atoms with Crippen molar-refractivity contribution in [3.05, 3.63) is 28.0 Å². The molecule has 5 heteroatoms. The molecule has 98 valence electrons. The summed E-state index contributed by atoms with van der Waals surface area (Å²) in [7, 11) is 0. The Bertz CT molecular complexity index is 492. The van der Waals surface area contributed by atoms with Gasteiger partial charge < -0.3 is 10.6 Å². The fraction of sp³-hybridized carbons (Fsp3) is 0.462. The van der Waals surface area contributed by atoms with Crippen LogP contribution in [0.4, 0.5) is 10.1 Å². The molecule has 1 aliphatic heterocycles. The summed E-state index contributed by atoms with van der Waals surface area (Å²) in [6, 6.07) is 3.90. The third-order valence-electron chi connectivity index (χ3n) is 3.42. The Morgan fingerprint density at radius 3 is 2.67 bits per heavy atom. The molecule has 18 heavy (non-hydrogen) atoms. The Morgan fingerprint density at radius 1 is 1.50 bits per heavy atom. The molecular weight excluding hydrogens is 315 g/mol. The molecule has 1 aromatic rings. The molecule has 0 radical (unpaired) electrons. The van der Waals surface area contributed by atoms with Crippen molar-refractivity contribution in [3.8, 4) is 0 Å². The smallest absolute Gasteiger partial charge is 0.161 e. The normalized spacial score (nSPS) is 23.4. The molecule has 0 aliphatic carbocycles. The topological polar surface area (TPSA) is 29.3 Å². The van der Waals surface area contributed by atoms with E-state index in [4.69, 9.17) is 18.0 Å². The van der Waals surface area contributed by atoms with Crippen molar-refractivity contribution in [1.82, 2.24) is 0 Å². The van der Waals surface area contributed by atoms with Crippen LogP contribution in [0.1, 0.15) is 25.8 Å². The zero-order valence-electron chi connectivity index (χ0n) is 10.4. The third-order valence-corrected chi connectivity index (χ3v) is 4.42. The maximum atomic E-state index is 14.4. The molecule has 2 nitrogen and oxygen atoms in total. The van der Waals surface area contributed by atoms with Crippen LogP contribution in [0.3, 0.4) is 0 Å². The fourth-order valence-corrected chi connectivity index (χ4v) is 3.44. The molecule has 0 bridgehead atoms. The fourth-order valence-electron chi connectivity index (χ4n) is 2.59. The summed E-state index contributed by atoms with van der Waals surface area (Å²) in [6.07, 6.45) is 1.09. The third kappa shape index (κ3) is 2.38. The first kappa shape index (κ1) is 13.7. The minimum Gasteiger partial charge on any atom is -0.389 e. The van der Waals surface area contributed by atoms with Gasteiger partial charge in [0, 0.05) is 18.2 Å². The first-order chi connectivity index (χ1) is 8.41. The molecule has 0 spiro atoms. The summed E-state index contributed by atoms with van der Waals surface area (Å²) in [5, 5.41) is 0. The SMILES string of the molecule is CC1CC(C)N(c2ccc(C(N)=S)c(Br)c2F)C1. The lowest BCUT2D eigenvalue weighted by atomic mass is 10.1. The standard InChI is InChI=1S/C13H16BrFN2S/c1-7-5-8(2)17(6-7)10-4-3-9(13(16)18)11(14)12(10)15/h3-4,7-8H,5-6H2,1-2H3,(H2,16,18). The molecule has 2 atom stereocenters. The van der Waals surface area contributed by atoms with Gasteiger partial charge in [0.1, 0.15) is 4.99 Å². The number of nitrogens with zero attached hydrogens (tertiary/aromatic N) is 1. The van der Waals surface area contributed by atoms with Gasteiger partial charge in [-0.1, -0.05) is 19.1 Å². The number of halogens is 2. The van der Waals surface area contributed by atoms with Gasteiger partial charge in [0.25, 0.3) is 0 Å². The van der Waals surface area contributed by atoms with Gasteiger partial charge in [-0.25, -0.2) is 4.39 Å². The maximum absolute atomic E-state index is 14.4. The number of hydrogen-bond donors (Lipinski definition) is 1. The lowest BCUT2D eigenvalue weighted by Gasteiger charge is -2.25. The summed E-state index contributed by atoms with van der Waals surface area (Å²) in [6.45, 7) is 5.20. The molecule has 0 aromatic heterocycles. The van der Waals surface area contributed by atoms with Crippen molar-refractivity contribution < 1.29 is 4.39 Å². The minimum atomic E-state index is -0.277. The number of hydrogen-bond acceptors (Lipinski definition) is 2. The number of rotatable bonds is 2. The van der Waals surface area contributed by atoms with E-state index in [0.29, 0.717) is 27.7 Å². The average Bonchev–Trinajstić information content (AvgIpc) is 2.61. The van der Waals surface area contributed by atoms with E-state index in [9.17, 15) is 4.39 Å². The molecule has 2 N–H and O–H groups in total. The number of nitrogens with two attached hydrogens (primary N) is 1. The Labute approximate surface area is 120 Å². The van der Waals surface area contributed by atoms with Gasteiger partial charge in [-0.3, -0.25) is 0 Å². The van der Waals surface area contributed by atoms with Gasteiger partial charge in [-0.2, -0.15) is 0 Å². The van der Waals surface area contributed by atoms with Crippen LogP contribution in [0.15, 0.2) is 16.6 Å². The van der Waals surface area contributed by atoms with Crippen LogP contribution in [0.5, 0.6) is 0 Å². The van der Waals surface area contributed by atoms with E-state index in [-0.39, 0.29) is 10.8 Å². The summed E-state index contributed by atoms with van der Waals surface area (Å²) in [5.74, 6) is 0.315. The van der Waals surface area contributed by atoms with Crippen LogP contribution in [0.2, 0.25) is 0 Å². The zero-order chi connectivity index (χ0) is 13.4. The monoisotopic (exact) mass is 330 g/mol. The second-order valence-corrected chi connectivity index (χ2v) is 6.20. The van der Waals surface area contributed by atoms with Crippen LogP contribution in [-0.4, -0.2) is 17.6 Å². The van der Waals surface area contributed by atoms with Gasteiger partial charge in [0.2, 0.25) is 0 Å². The lowest BCUT2D eigenvalue weighted by molar-refractivity contribution is 0.606. The van der Waals surface area contributed by atoms with Gasteiger partial charge in [0.05, 0.1) is 10.2 Å². The summed E-state index contributed by atoms with van der Waals surface area (Å²) < 4.78 is 14.7. The van der Waals surface area contributed by atoms with Crippen LogP contribution >= 0.6 is 28.1 Å². The quantitative estimate of drug-likeness (QED) is 0.842. The Balaban J connectivity index is 2.41. The molecule has 1 aliphatic rings. The van der Waals surface area contributed by atoms with Crippen LogP contribution in [-0.2, 0) is 0 Å². The molecule has 0 amide bonds. The van der Waals surface area contributed by atoms with E-state index in [1.54, 1.807) is 12.1 Å². The van der Waals surface area contributed by atoms with Gasteiger partial charge in [0.15, 0.2) is 5.82 Å². The molecule has 1 heterocycles. The number of anilines is 1. The van der Waals surface area contributed by atoms with Crippen molar-refractivity contribution >= 4 is 38.8 Å². The number of benzene rings is 1. The van der Waals surface area contributed by atoms with Crippen molar-refractivity contribution in [2.24, 2.45) is 11.7 Å². The Hall–Kier alpha value is -0.680. The van der Waals surface area contributed by atoms with E-state index in [0.717, 1.165) is 13.0 Å². The largest absolute Gasteiger partial charge is 0.389 e. The summed E-state index contributed by atoms with van der Waals surface area (Å²) >= 11 is 8.14. The molecule has 1 saturated heterocycles. The Morgan fingerprint density at radius 2 is 2.17 bits per heavy atom. The van der Waals surface area contributed by atoms with Gasteiger partial charge in [-0.05, 0) is 47.3 Å². The second-order valence-electron chi connectivity index (χ2n) is 4.97. The molecule has 1 aromatic carbocycles. The van der Waals surface area contributed by atoms with Crippen molar-refractivity contribution in [1.29, 1.82) is 0 Å². The van der Waals surface area contributed by atoms with Crippen LogP contribution in [0.25, 0.3) is 0 Å². The van der Waals surface area contributed by atoms with Crippen molar-refractivity contribution in [2.75, 3.05) is 11.4 Å². The van der Waals surface area contributed by atoms with Crippen LogP contribution < -0.4 is 10.6 Å². The van der Waals surface area contributed by atoms with Crippen molar-refractivity contribution in [3.63, 3.8) is 0 Å². The molecule has 1 fully saturated rings. The number of thiocarbonyl (C=S) groups is 1. The summed E-state index contributed by atoms with van der Waals surface area (Å²) in [4.78, 5) is 2.31. The van der Waals surface area contributed by atoms with Crippen LogP contribution in [0, 0.1) is 11.7 Å². The molecule has 2 unspecified atom stereocenters. The van der Waals surface area contributed by atoms with E-state index < -0.39 is 0 Å². The maximum Gasteiger partial charge on any atom is 0.161 e. The highest BCUT2D eigenvalue weighted by Gasteiger charge is 2.29. The highest BCUT2D eigenvalue weighted by Crippen LogP contribution is 2.34. The van der Waals surface area contributed by atoms with E-state index in [1.807, 2.05) is 0 Å². The van der Waals surface area contributed by atoms with E-state index >= 15 is 0 Å². The summed E-state index contributed by atoms with van der Waals surface area (Å²) in [5.41, 5.74) is 6.73. The first-order valence-electron chi connectivity index (χ1n) is 5.96. The highest BCUT2D eigenvalue weighted by atomic mass is 79.9. The highest BCUT2D eigenvalue weighted by molar-refractivity contribution is 9.10. The zero-order valence-corrected chi connectivity index (χ0v) is 12.8.